The van der Waals surface area contributed by atoms with E-state index in [1.54, 1.807) is 0 Å². The Labute approximate surface area is 425 Å². The molecule has 0 fully saturated rings. The van der Waals surface area contributed by atoms with E-state index in [4.69, 9.17) is 0 Å². The smallest absolute Gasteiger partial charge is 0.0713 e. The van der Waals surface area contributed by atoms with Crippen molar-refractivity contribution in [2.45, 2.75) is 72.6 Å². The van der Waals surface area contributed by atoms with Crippen molar-refractivity contribution in [3.8, 4) is 22.3 Å². The van der Waals surface area contributed by atoms with Crippen LogP contribution in [0.5, 0.6) is 0 Å². The lowest BCUT2D eigenvalue weighted by Gasteiger charge is -2.34. The van der Waals surface area contributed by atoms with Crippen LogP contribution in [-0.4, -0.2) is 0 Å². The number of hydrogen-bond donors (Lipinski definition) is 0. The van der Waals surface area contributed by atoms with Gasteiger partial charge in [0.05, 0.1) is 5.41 Å². The number of benzene rings is 10. The van der Waals surface area contributed by atoms with Gasteiger partial charge in [-0.1, -0.05) is 280 Å². The fourth-order valence-corrected chi connectivity index (χ4v) is 9.98. The predicted octanol–water partition coefficient (Wildman–Crippen LogP) is 19.3. The molecule has 0 heterocycles. The van der Waals surface area contributed by atoms with Crippen LogP contribution in [0.4, 0.5) is 0 Å². The van der Waals surface area contributed by atoms with Crippen LogP contribution >= 0.6 is 0 Å². The molecule has 1 aliphatic rings. The van der Waals surface area contributed by atoms with Crippen LogP contribution in [0, 0.1) is 27.7 Å². The summed E-state index contributed by atoms with van der Waals surface area (Å²) in [7, 11) is 0. The highest BCUT2D eigenvalue weighted by Gasteiger charge is 2.46. The van der Waals surface area contributed by atoms with E-state index in [-0.39, 0.29) is 5.41 Å². The molecule has 0 amide bonds. The summed E-state index contributed by atoms with van der Waals surface area (Å²) in [5, 5.41) is 2.63. The third-order valence-electron chi connectivity index (χ3n) is 14.2. The van der Waals surface area contributed by atoms with E-state index in [9.17, 15) is 0 Å². The molecule has 0 aromatic heterocycles. The van der Waals surface area contributed by atoms with E-state index in [0.29, 0.717) is 5.92 Å². The van der Waals surface area contributed by atoms with E-state index in [2.05, 4.69) is 292 Å². The third kappa shape index (κ3) is 11.3. The molecule has 10 aromatic rings. The SMILES string of the molecule is C=C(C)c1c(C(C)CC)ccc2ccccc12.Cc1ccc(-c2ccccc2)cc1.Cc1ccc(Cc2ccc3c(c2)C(c2ccccc2)(c2ccccc2)c2ccccc2-3)cc1.Cc1ccccc1C. The second-order valence-corrected chi connectivity index (χ2v) is 19.2. The van der Waals surface area contributed by atoms with Crippen molar-refractivity contribution in [2.24, 2.45) is 0 Å². The molecule has 10 aromatic carbocycles. The molecule has 0 N–H and O–H groups in total. The van der Waals surface area contributed by atoms with Crippen molar-refractivity contribution in [3.05, 3.63) is 316 Å². The van der Waals surface area contributed by atoms with Crippen molar-refractivity contribution >= 4 is 16.3 Å². The molecule has 0 heteroatoms. The van der Waals surface area contributed by atoms with E-state index < -0.39 is 0 Å². The minimum atomic E-state index is -0.322. The highest BCUT2D eigenvalue weighted by Crippen LogP contribution is 2.56. The van der Waals surface area contributed by atoms with E-state index in [1.807, 2.05) is 6.07 Å². The Bertz CT molecular complexity index is 3240. The van der Waals surface area contributed by atoms with Gasteiger partial charge in [-0.3, -0.25) is 0 Å². The number of aryl methyl sites for hydroxylation is 4. The Morgan fingerprint density at radius 3 is 1.51 bits per heavy atom. The van der Waals surface area contributed by atoms with Crippen LogP contribution < -0.4 is 0 Å². The lowest BCUT2D eigenvalue weighted by molar-refractivity contribution is 0.732. The first-order valence-corrected chi connectivity index (χ1v) is 25.3. The number of allylic oxidation sites excluding steroid dienone is 1. The van der Waals surface area contributed by atoms with Crippen molar-refractivity contribution in [1.29, 1.82) is 0 Å². The standard InChI is InChI=1S/C33H26.C17H20.C13H12.C8H10/c1-24-16-18-25(19-17-24)22-26-20-21-30-29-14-8-9-15-31(29)33(32(30)23-26,27-10-4-2-5-11-27)28-12-6-3-7-13-28;1-5-13(4)15-11-10-14-8-6-7-9-16(14)17(15)12(2)3;1-11-7-9-13(10-8-11)12-5-3-2-4-6-12;1-7-5-3-4-6-8(7)2/h2-21,23H,22H2,1H3;6-11,13H,2,5H2,1,3-4H3;2-10H,1H3;3-6H,1-2H3. The maximum Gasteiger partial charge on any atom is 0.0713 e. The minimum Gasteiger partial charge on any atom is -0.0955 e. The Hall–Kier alpha value is -7.80. The zero-order chi connectivity index (χ0) is 49.7. The van der Waals surface area contributed by atoms with Gasteiger partial charge in [-0.25, -0.2) is 0 Å². The fraction of sp³-hybridized carbons (Fsp3) is 0.155. The minimum absolute atomic E-state index is 0.322. The van der Waals surface area contributed by atoms with E-state index in [1.165, 1.54) is 106 Å². The first-order chi connectivity index (χ1) is 34.6. The van der Waals surface area contributed by atoms with Crippen LogP contribution in [0.1, 0.15) is 99.9 Å². The summed E-state index contributed by atoms with van der Waals surface area (Å²) in [6.45, 7) is 19.3. The van der Waals surface area contributed by atoms with Crippen LogP contribution in [0.2, 0.25) is 0 Å². The molecule has 1 aliphatic carbocycles. The summed E-state index contributed by atoms with van der Waals surface area (Å²) in [6.07, 6.45) is 2.10. The van der Waals surface area contributed by atoms with Crippen LogP contribution in [0.15, 0.2) is 249 Å². The van der Waals surface area contributed by atoms with Crippen molar-refractivity contribution < 1.29 is 0 Å². The molecule has 0 radical (unpaired) electrons. The van der Waals surface area contributed by atoms with Crippen LogP contribution in [0.3, 0.4) is 0 Å². The molecule has 0 saturated heterocycles. The van der Waals surface area contributed by atoms with Gasteiger partial charge in [-0.2, -0.15) is 0 Å². The third-order valence-corrected chi connectivity index (χ3v) is 14.2. The maximum atomic E-state index is 4.15. The molecule has 0 nitrogen and oxygen atoms in total. The second kappa shape index (κ2) is 23.2. The highest BCUT2D eigenvalue weighted by atomic mass is 14.5. The second-order valence-electron chi connectivity index (χ2n) is 19.2. The zero-order valence-electron chi connectivity index (χ0n) is 42.8. The first-order valence-electron chi connectivity index (χ1n) is 25.3. The lowest BCUT2D eigenvalue weighted by Crippen LogP contribution is -2.28. The molecular formula is C71H68. The van der Waals surface area contributed by atoms with Gasteiger partial charge in [0.15, 0.2) is 0 Å². The van der Waals surface area contributed by atoms with Gasteiger partial charge in [0, 0.05) is 0 Å². The zero-order valence-corrected chi connectivity index (χ0v) is 42.8. The quantitative estimate of drug-likeness (QED) is 0.142. The van der Waals surface area contributed by atoms with Gasteiger partial charge in [0.2, 0.25) is 0 Å². The highest BCUT2D eigenvalue weighted by molar-refractivity contribution is 5.95. The van der Waals surface area contributed by atoms with Crippen molar-refractivity contribution in [1.82, 2.24) is 0 Å². The molecule has 0 aliphatic heterocycles. The predicted molar refractivity (Wildman–Crippen MR) is 308 cm³/mol. The fourth-order valence-electron chi connectivity index (χ4n) is 9.98. The molecule has 71 heavy (non-hydrogen) atoms. The molecule has 0 spiro atoms. The number of rotatable bonds is 8. The Balaban J connectivity index is 0.000000147. The van der Waals surface area contributed by atoms with Crippen LogP contribution in [-0.2, 0) is 11.8 Å². The molecule has 11 rings (SSSR count). The molecular weight excluding hydrogens is 853 g/mol. The van der Waals surface area contributed by atoms with Gasteiger partial charge in [-0.05, 0) is 142 Å². The van der Waals surface area contributed by atoms with E-state index in [0.717, 1.165) is 12.0 Å². The van der Waals surface area contributed by atoms with Gasteiger partial charge in [0.25, 0.3) is 0 Å². The lowest BCUT2D eigenvalue weighted by atomic mass is 9.67. The monoisotopic (exact) mass is 921 g/mol. The summed E-state index contributed by atoms with van der Waals surface area (Å²) >= 11 is 0. The van der Waals surface area contributed by atoms with Crippen molar-refractivity contribution in [3.63, 3.8) is 0 Å². The largest absolute Gasteiger partial charge is 0.0955 e. The molecule has 0 bridgehead atoms. The summed E-state index contributed by atoms with van der Waals surface area (Å²) in [6, 6.07) is 87.4. The normalized spacial score (nSPS) is 12.1. The summed E-state index contributed by atoms with van der Waals surface area (Å²) in [5.74, 6) is 0.589. The topological polar surface area (TPSA) is 0 Å². The van der Waals surface area contributed by atoms with Gasteiger partial charge < -0.3 is 0 Å². The average Bonchev–Trinajstić information content (AvgIpc) is 3.71. The Morgan fingerprint density at radius 1 is 0.451 bits per heavy atom. The number of hydrogen-bond acceptors (Lipinski definition) is 0. The molecule has 352 valence electrons. The van der Waals surface area contributed by atoms with E-state index >= 15 is 0 Å². The summed E-state index contributed by atoms with van der Waals surface area (Å²) in [4.78, 5) is 0. The Morgan fingerprint density at radius 2 is 0.930 bits per heavy atom. The summed E-state index contributed by atoms with van der Waals surface area (Å²) in [5.41, 5.74) is 22.3. The Kier molecular flexibility index (Phi) is 16.2. The van der Waals surface area contributed by atoms with Gasteiger partial charge in [0.1, 0.15) is 0 Å². The summed E-state index contributed by atoms with van der Waals surface area (Å²) < 4.78 is 0. The molecule has 1 unspecified atom stereocenters. The van der Waals surface area contributed by atoms with Crippen molar-refractivity contribution in [2.75, 3.05) is 0 Å². The van der Waals surface area contributed by atoms with Gasteiger partial charge in [-0.15, -0.1) is 0 Å². The first kappa shape index (κ1) is 49.6. The maximum absolute atomic E-state index is 4.15. The average molecular weight is 921 g/mol. The molecule has 0 saturated carbocycles. The molecule has 1 atom stereocenters. The van der Waals surface area contributed by atoms with Gasteiger partial charge >= 0.3 is 0 Å². The number of fused-ring (bicyclic) bond motifs is 4. The van der Waals surface area contributed by atoms with Crippen LogP contribution in [0.25, 0.3) is 38.6 Å².